The van der Waals surface area contributed by atoms with E-state index < -0.39 is 0 Å². The first-order chi connectivity index (χ1) is 8.50. The van der Waals surface area contributed by atoms with Crippen LogP contribution in [0.2, 0.25) is 0 Å². The normalized spacial score (nSPS) is 12.4. The predicted molar refractivity (Wildman–Crippen MR) is 65.0 cm³/mol. The Morgan fingerprint density at radius 2 is 1.50 bits per heavy atom. The van der Waals surface area contributed by atoms with Crippen molar-refractivity contribution in [3.63, 3.8) is 0 Å². The van der Waals surface area contributed by atoms with E-state index in [1.165, 1.54) is 24.3 Å². The molecule has 18 heavy (non-hydrogen) atoms. The van der Waals surface area contributed by atoms with Crippen LogP contribution in [0.15, 0.2) is 24.3 Å². The standard InChI is InChI=1S/C14H10O4/c1-6-4-7(15)5-8-11(6)12-9(16)2-3-10(17)13(12)14(8)18/h2-5,15-17H,1H3. The zero-order valence-electron chi connectivity index (χ0n) is 9.56. The number of phenols is 3. The molecule has 0 unspecified atom stereocenters. The lowest BCUT2D eigenvalue weighted by Crippen LogP contribution is -1.95. The molecule has 0 heterocycles. The van der Waals surface area contributed by atoms with Gasteiger partial charge in [0, 0.05) is 16.7 Å². The van der Waals surface area contributed by atoms with E-state index in [1.54, 1.807) is 6.92 Å². The monoisotopic (exact) mass is 242 g/mol. The molecule has 0 saturated carbocycles. The van der Waals surface area contributed by atoms with Gasteiger partial charge in [-0.3, -0.25) is 4.79 Å². The molecule has 0 aromatic heterocycles. The Bertz CT molecular complexity index is 701. The Morgan fingerprint density at radius 3 is 2.17 bits per heavy atom. The highest BCUT2D eigenvalue weighted by molar-refractivity contribution is 6.24. The van der Waals surface area contributed by atoms with E-state index in [4.69, 9.17) is 0 Å². The van der Waals surface area contributed by atoms with Gasteiger partial charge in [0.25, 0.3) is 0 Å². The average molecular weight is 242 g/mol. The minimum atomic E-state index is -0.382. The molecular weight excluding hydrogens is 232 g/mol. The zero-order valence-corrected chi connectivity index (χ0v) is 9.56. The number of aromatic hydroxyl groups is 3. The molecule has 0 fully saturated rings. The van der Waals surface area contributed by atoms with Crippen LogP contribution in [0.3, 0.4) is 0 Å². The van der Waals surface area contributed by atoms with E-state index in [0.29, 0.717) is 22.3 Å². The third-order valence-corrected chi connectivity index (χ3v) is 3.20. The van der Waals surface area contributed by atoms with Crippen molar-refractivity contribution in [3.05, 3.63) is 41.0 Å². The minimum absolute atomic E-state index is 0.00798. The molecular formula is C14H10O4. The van der Waals surface area contributed by atoms with Gasteiger partial charge in [0.1, 0.15) is 17.2 Å². The first kappa shape index (κ1) is 10.7. The summed E-state index contributed by atoms with van der Waals surface area (Å²) in [5.41, 5.74) is 1.99. The van der Waals surface area contributed by atoms with Gasteiger partial charge < -0.3 is 15.3 Å². The van der Waals surface area contributed by atoms with Gasteiger partial charge in [-0.05, 0) is 36.8 Å². The summed E-state index contributed by atoms with van der Waals surface area (Å²) in [6.45, 7) is 1.74. The molecule has 0 amide bonds. The van der Waals surface area contributed by atoms with Gasteiger partial charge in [-0.25, -0.2) is 0 Å². The van der Waals surface area contributed by atoms with Crippen LogP contribution in [0.4, 0.5) is 0 Å². The van der Waals surface area contributed by atoms with E-state index in [0.717, 1.165) is 0 Å². The topological polar surface area (TPSA) is 77.8 Å². The number of benzene rings is 2. The summed E-state index contributed by atoms with van der Waals surface area (Å²) in [7, 11) is 0. The van der Waals surface area contributed by atoms with Crippen LogP contribution in [-0.2, 0) is 0 Å². The first-order valence-corrected chi connectivity index (χ1v) is 5.44. The van der Waals surface area contributed by atoms with Crippen LogP contribution in [0.5, 0.6) is 17.2 Å². The van der Waals surface area contributed by atoms with Crippen LogP contribution in [0, 0.1) is 6.92 Å². The number of aryl methyl sites for hydroxylation is 1. The van der Waals surface area contributed by atoms with Crippen LogP contribution < -0.4 is 0 Å². The van der Waals surface area contributed by atoms with E-state index in [-0.39, 0.29) is 28.6 Å². The molecule has 0 saturated heterocycles. The molecule has 2 aromatic rings. The summed E-state index contributed by atoms with van der Waals surface area (Å²) in [5, 5.41) is 29.2. The van der Waals surface area contributed by atoms with Crippen LogP contribution in [0.25, 0.3) is 11.1 Å². The Kier molecular flexibility index (Phi) is 1.93. The average Bonchev–Trinajstić information content (AvgIpc) is 2.60. The number of ketones is 1. The van der Waals surface area contributed by atoms with Crippen molar-refractivity contribution in [1.82, 2.24) is 0 Å². The van der Waals surface area contributed by atoms with E-state index in [2.05, 4.69) is 0 Å². The predicted octanol–water partition coefficient (Wildman–Crippen LogP) is 2.32. The lowest BCUT2D eigenvalue weighted by atomic mass is 9.99. The maximum absolute atomic E-state index is 12.2. The number of hydrogen-bond donors (Lipinski definition) is 3. The molecule has 3 N–H and O–H groups in total. The molecule has 0 aliphatic heterocycles. The van der Waals surface area contributed by atoms with E-state index in [9.17, 15) is 20.1 Å². The Balaban J connectivity index is 2.48. The lowest BCUT2D eigenvalue weighted by Gasteiger charge is -2.07. The van der Waals surface area contributed by atoms with Crippen molar-refractivity contribution in [2.24, 2.45) is 0 Å². The smallest absolute Gasteiger partial charge is 0.198 e. The second-order valence-electron chi connectivity index (χ2n) is 4.37. The molecule has 0 bridgehead atoms. The summed E-state index contributed by atoms with van der Waals surface area (Å²) >= 11 is 0. The third-order valence-electron chi connectivity index (χ3n) is 3.20. The molecule has 90 valence electrons. The molecule has 4 heteroatoms. The van der Waals surface area contributed by atoms with Crippen LogP contribution >= 0.6 is 0 Å². The van der Waals surface area contributed by atoms with Gasteiger partial charge in [-0.1, -0.05) is 0 Å². The van der Waals surface area contributed by atoms with Crippen molar-refractivity contribution in [1.29, 1.82) is 0 Å². The summed E-state index contributed by atoms with van der Waals surface area (Å²) in [6.07, 6.45) is 0. The Hall–Kier alpha value is -2.49. The number of carbonyl (C=O) groups excluding carboxylic acids is 1. The number of phenolic OH excluding ortho intramolecular Hbond substituents is 3. The number of fused-ring (bicyclic) bond motifs is 3. The number of rotatable bonds is 0. The van der Waals surface area contributed by atoms with Gasteiger partial charge in [-0.2, -0.15) is 0 Å². The van der Waals surface area contributed by atoms with Gasteiger partial charge in [0.2, 0.25) is 0 Å². The quantitative estimate of drug-likeness (QED) is 0.529. The van der Waals surface area contributed by atoms with Gasteiger partial charge in [0.05, 0.1) is 5.56 Å². The third kappa shape index (κ3) is 1.17. The summed E-state index contributed by atoms with van der Waals surface area (Å²) in [4.78, 5) is 12.2. The molecule has 4 nitrogen and oxygen atoms in total. The molecule has 0 spiro atoms. The minimum Gasteiger partial charge on any atom is -0.508 e. The molecule has 1 aliphatic rings. The van der Waals surface area contributed by atoms with Gasteiger partial charge >= 0.3 is 0 Å². The number of carbonyl (C=O) groups is 1. The second-order valence-corrected chi connectivity index (χ2v) is 4.37. The second kappa shape index (κ2) is 3.26. The van der Waals surface area contributed by atoms with E-state index >= 15 is 0 Å². The fraction of sp³-hybridized carbons (Fsp3) is 0.0714. The Labute approximate surface area is 103 Å². The van der Waals surface area contributed by atoms with Crippen LogP contribution in [0.1, 0.15) is 21.5 Å². The number of hydrogen-bond acceptors (Lipinski definition) is 4. The molecule has 1 aliphatic carbocycles. The maximum Gasteiger partial charge on any atom is 0.198 e. The SMILES string of the molecule is Cc1cc(O)cc2c1-c1c(O)ccc(O)c1C2=O. The fourth-order valence-corrected chi connectivity index (χ4v) is 2.48. The molecule has 3 rings (SSSR count). The zero-order chi connectivity index (χ0) is 13.0. The highest BCUT2D eigenvalue weighted by atomic mass is 16.3. The summed E-state index contributed by atoms with van der Waals surface area (Å²) in [6, 6.07) is 5.50. The fourth-order valence-electron chi connectivity index (χ4n) is 2.48. The van der Waals surface area contributed by atoms with Crippen LogP contribution in [-0.4, -0.2) is 21.1 Å². The van der Waals surface area contributed by atoms with Gasteiger partial charge in [0.15, 0.2) is 5.78 Å². The van der Waals surface area contributed by atoms with E-state index in [1.807, 2.05) is 0 Å². The van der Waals surface area contributed by atoms with Gasteiger partial charge in [-0.15, -0.1) is 0 Å². The molecule has 0 atom stereocenters. The first-order valence-electron chi connectivity index (χ1n) is 5.44. The highest BCUT2D eigenvalue weighted by Gasteiger charge is 2.33. The maximum atomic E-state index is 12.2. The van der Waals surface area contributed by atoms with Crippen molar-refractivity contribution in [2.45, 2.75) is 6.92 Å². The molecule has 0 radical (unpaired) electrons. The Morgan fingerprint density at radius 1 is 0.889 bits per heavy atom. The van der Waals surface area contributed by atoms with Crippen molar-refractivity contribution in [2.75, 3.05) is 0 Å². The highest BCUT2D eigenvalue weighted by Crippen LogP contribution is 2.48. The lowest BCUT2D eigenvalue weighted by molar-refractivity contribution is 0.104. The van der Waals surface area contributed by atoms with Crippen molar-refractivity contribution < 1.29 is 20.1 Å². The molecule has 2 aromatic carbocycles. The largest absolute Gasteiger partial charge is 0.508 e. The van der Waals surface area contributed by atoms with Crippen molar-refractivity contribution >= 4 is 5.78 Å². The summed E-state index contributed by atoms with van der Waals surface area (Å²) < 4.78 is 0. The summed E-state index contributed by atoms with van der Waals surface area (Å²) in [5.74, 6) is -0.606. The van der Waals surface area contributed by atoms with Crippen molar-refractivity contribution in [3.8, 4) is 28.4 Å².